The summed E-state index contributed by atoms with van der Waals surface area (Å²) < 4.78 is 5.41. The molecular formula is C13H15ClN2O. The molecule has 3 nitrogen and oxygen atoms in total. The molecule has 0 saturated carbocycles. The Morgan fingerprint density at radius 2 is 2.18 bits per heavy atom. The third kappa shape index (κ3) is 3.08. The van der Waals surface area contributed by atoms with Crippen molar-refractivity contribution in [2.75, 3.05) is 7.05 Å². The molecule has 0 bridgehead atoms. The Morgan fingerprint density at radius 1 is 1.35 bits per heavy atom. The summed E-state index contributed by atoms with van der Waals surface area (Å²) in [5.74, 6) is 0.833. The van der Waals surface area contributed by atoms with Crippen molar-refractivity contribution in [1.82, 2.24) is 10.3 Å². The van der Waals surface area contributed by atoms with Crippen LogP contribution in [0.1, 0.15) is 23.1 Å². The Kier molecular flexibility index (Phi) is 3.82. The van der Waals surface area contributed by atoms with Crippen LogP contribution in [0.3, 0.4) is 0 Å². The number of hydrogen-bond donors (Lipinski definition) is 1. The molecule has 0 radical (unpaired) electrons. The molecule has 1 unspecified atom stereocenters. The van der Waals surface area contributed by atoms with Gasteiger partial charge in [0.05, 0.1) is 6.04 Å². The van der Waals surface area contributed by atoms with Crippen LogP contribution < -0.4 is 5.32 Å². The van der Waals surface area contributed by atoms with Gasteiger partial charge < -0.3 is 9.73 Å². The van der Waals surface area contributed by atoms with E-state index in [1.165, 1.54) is 0 Å². The first kappa shape index (κ1) is 12.1. The van der Waals surface area contributed by atoms with Gasteiger partial charge in [-0.15, -0.1) is 0 Å². The summed E-state index contributed by atoms with van der Waals surface area (Å²) in [6, 6.07) is 7.83. The first-order valence-electron chi connectivity index (χ1n) is 5.53. The van der Waals surface area contributed by atoms with E-state index in [0.29, 0.717) is 5.22 Å². The molecule has 2 aromatic heterocycles. The molecule has 2 aromatic rings. The number of likely N-dealkylation sites (N-methyl/N-ethyl adjacent to an activating group) is 1. The van der Waals surface area contributed by atoms with Crippen molar-refractivity contribution in [2.45, 2.75) is 19.4 Å². The van der Waals surface area contributed by atoms with Crippen LogP contribution in [0.5, 0.6) is 0 Å². The van der Waals surface area contributed by atoms with Gasteiger partial charge in [-0.05, 0) is 49.3 Å². The van der Waals surface area contributed by atoms with Crippen LogP contribution in [-0.4, -0.2) is 12.0 Å². The molecule has 2 rings (SSSR count). The first-order chi connectivity index (χ1) is 8.19. The minimum absolute atomic E-state index is 0.0951. The lowest BCUT2D eigenvalue weighted by atomic mass is 10.1. The fraction of sp³-hybridized carbons (Fsp3) is 0.308. The van der Waals surface area contributed by atoms with Gasteiger partial charge in [-0.1, -0.05) is 6.07 Å². The maximum Gasteiger partial charge on any atom is 0.193 e. The van der Waals surface area contributed by atoms with Crippen LogP contribution >= 0.6 is 11.6 Å². The highest BCUT2D eigenvalue weighted by molar-refractivity contribution is 6.28. The zero-order chi connectivity index (χ0) is 12.3. The summed E-state index contributed by atoms with van der Waals surface area (Å²) in [5, 5.41) is 3.62. The molecule has 0 amide bonds. The molecule has 4 heteroatoms. The highest BCUT2D eigenvalue weighted by Crippen LogP contribution is 2.22. The molecule has 0 aromatic carbocycles. The molecule has 0 aliphatic heterocycles. The summed E-state index contributed by atoms with van der Waals surface area (Å²) >= 11 is 5.78. The van der Waals surface area contributed by atoms with Crippen LogP contribution in [0.25, 0.3) is 0 Å². The van der Waals surface area contributed by atoms with Gasteiger partial charge in [0.25, 0.3) is 0 Å². The van der Waals surface area contributed by atoms with E-state index >= 15 is 0 Å². The van der Waals surface area contributed by atoms with Crippen molar-refractivity contribution >= 4 is 11.6 Å². The second-order valence-corrected chi connectivity index (χ2v) is 4.39. The molecular weight excluding hydrogens is 236 g/mol. The molecule has 0 saturated heterocycles. The lowest BCUT2D eigenvalue weighted by Crippen LogP contribution is -2.18. The van der Waals surface area contributed by atoms with Crippen molar-refractivity contribution in [3.8, 4) is 0 Å². The van der Waals surface area contributed by atoms with Crippen molar-refractivity contribution in [2.24, 2.45) is 0 Å². The lowest BCUT2D eigenvalue weighted by molar-refractivity contribution is 0.428. The Balaban J connectivity index is 2.12. The molecule has 0 aliphatic carbocycles. The largest absolute Gasteiger partial charge is 0.448 e. The Hall–Kier alpha value is -1.32. The van der Waals surface area contributed by atoms with Gasteiger partial charge in [0.1, 0.15) is 5.76 Å². The maximum atomic E-state index is 5.78. The number of aryl methyl sites for hydroxylation is 1. The summed E-state index contributed by atoms with van der Waals surface area (Å²) in [7, 11) is 1.90. The second-order valence-electron chi connectivity index (χ2n) is 4.01. The highest BCUT2D eigenvalue weighted by atomic mass is 35.5. The number of nitrogens with one attached hydrogen (secondary N) is 1. The lowest BCUT2D eigenvalue weighted by Gasteiger charge is -2.12. The van der Waals surface area contributed by atoms with Crippen LogP contribution in [0.4, 0.5) is 0 Å². The monoisotopic (exact) mass is 250 g/mol. The predicted molar refractivity (Wildman–Crippen MR) is 68.2 cm³/mol. The van der Waals surface area contributed by atoms with Crippen LogP contribution in [-0.2, 0) is 6.42 Å². The number of furan rings is 1. The summed E-state index contributed by atoms with van der Waals surface area (Å²) in [5.41, 5.74) is 2.19. The number of hydrogen-bond acceptors (Lipinski definition) is 3. The molecule has 0 aliphatic rings. The van der Waals surface area contributed by atoms with Crippen molar-refractivity contribution in [3.63, 3.8) is 0 Å². The van der Waals surface area contributed by atoms with Gasteiger partial charge in [-0.3, -0.25) is 4.98 Å². The fourth-order valence-electron chi connectivity index (χ4n) is 1.69. The normalized spacial score (nSPS) is 12.6. The SMILES string of the molecule is CNC(Cc1ccc(C)cn1)c1ccc(Cl)o1. The van der Waals surface area contributed by atoms with Crippen molar-refractivity contribution in [1.29, 1.82) is 0 Å². The predicted octanol–water partition coefficient (Wildman–Crippen LogP) is 3.14. The number of halogens is 1. The standard InChI is InChI=1S/C13H15ClN2O/c1-9-3-4-10(16-8-9)7-11(15-2)12-5-6-13(14)17-12/h3-6,8,11,15H,7H2,1-2H3. The minimum Gasteiger partial charge on any atom is -0.448 e. The van der Waals surface area contributed by atoms with Gasteiger partial charge in [0.2, 0.25) is 0 Å². The molecule has 0 spiro atoms. The Bertz CT molecular complexity index is 478. The van der Waals surface area contributed by atoms with E-state index in [2.05, 4.69) is 16.4 Å². The Morgan fingerprint density at radius 3 is 2.71 bits per heavy atom. The molecule has 1 N–H and O–H groups in total. The van der Waals surface area contributed by atoms with Gasteiger partial charge in [0.15, 0.2) is 5.22 Å². The quantitative estimate of drug-likeness (QED) is 0.906. The maximum absolute atomic E-state index is 5.78. The zero-order valence-corrected chi connectivity index (χ0v) is 10.7. The number of pyridine rings is 1. The topological polar surface area (TPSA) is 38.1 Å². The van der Waals surface area contributed by atoms with Crippen LogP contribution in [0.2, 0.25) is 5.22 Å². The summed E-state index contributed by atoms with van der Waals surface area (Å²) in [6.45, 7) is 2.03. The van der Waals surface area contributed by atoms with E-state index in [4.69, 9.17) is 16.0 Å². The van der Waals surface area contributed by atoms with E-state index in [1.54, 1.807) is 6.07 Å². The second kappa shape index (κ2) is 5.34. The Labute approximate surface area is 106 Å². The third-order valence-corrected chi connectivity index (χ3v) is 2.87. The van der Waals surface area contributed by atoms with Gasteiger partial charge in [-0.2, -0.15) is 0 Å². The summed E-state index contributed by atoms with van der Waals surface area (Å²) in [6.07, 6.45) is 2.65. The molecule has 1 atom stereocenters. The van der Waals surface area contributed by atoms with Crippen molar-refractivity contribution < 1.29 is 4.42 Å². The van der Waals surface area contributed by atoms with Crippen LogP contribution in [0.15, 0.2) is 34.9 Å². The number of aromatic nitrogens is 1. The minimum atomic E-state index is 0.0951. The first-order valence-corrected chi connectivity index (χ1v) is 5.91. The number of nitrogens with zero attached hydrogens (tertiary/aromatic N) is 1. The smallest absolute Gasteiger partial charge is 0.193 e. The molecule has 17 heavy (non-hydrogen) atoms. The van der Waals surface area contributed by atoms with E-state index in [9.17, 15) is 0 Å². The zero-order valence-electron chi connectivity index (χ0n) is 9.90. The number of rotatable bonds is 4. The summed E-state index contributed by atoms with van der Waals surface area (Å²) in [4.78, 5) is 4.38. The van der Waals surface area contributed by atoms with Crippen molar-refractivity contribution in [3.05, 3.63) is 52.7 Å². The van der Waals surface area contributed by atoms with Gasteiger partial charge in [-0.25, -0.2) is 0 Å². The fourth-order valence-corrected chi connectivity index (χ4v) is 1.84. The highest BCUT2D eigenvalue weighted by Gasteiger charge is 2.14. The van der Waals surface area contributed by atoms with Gasteiger partial charge in [0, 0.05) is 18.3 Å². The van der Waals surface area contributed by atoms with E-state index in [-0.39, 0.29) is 6.04 Å². The van der Waals surface area contributed by atoms with Crippen LogP contribution in [0, 0.1) is 6.92 Å². The molecule has 90 valence electrons. The molecule has 0 fully saturated rings. The van der Waals surface area contributed by atoms with E-state index < -0.39 is 0 Å². The van der Waals surface area contributed by atoms with E-state index in [1.807, 2.05) is 32.3 Å². The van der Waals surface area contributed by atoms with E-state index in [0.717, 1.165) is 23.4 Å². The average molecular weight is 251 g/mol. The van der Waals surface area contributed by atoms with Gasteiger partial charge >= 0.3 is 0 Å². The third-order valence-electron chi connectivity index (χ3n) is 2.67. The molecule has 2 heterocycles. The average Bonchev–Trinajstić information content (AvgIpc) is 2.75.